The molecule has 16 nitrogen and oxygen atoms in total. The Morgan fingerprint density at radius 1 is 0.703 bits per heavy atom. The monoisotopic (exact) mass is 540 g/mol. The Balaban J connectivity index is 1.43. The number of hydrogen-bond acceptors (Lipinski definition) is 16. The maximum atomic E-state index is 11.1. The van der Waals surface area contributed by atoms with Gasteiger partial charge in [-0.25, -0.2) is 0 Å². The lowest BCUT2D eigenvalue weighted by Gasteiger charge is -2.51. The molecule has 0 aromatic heterocycles. The summed E-state index contributed by atoms with van der Waals surface area (Å²) in [6.45, 7) is -0.633. The van der Waals surface area contributed by atoms with Crippen LogP contribution >= 0.6 is 0 Å². The summed E-state index contributed by atoms with van der Waals surface area (Å²) in [7, 11) is 1.53. The van der Waals surface area contributed by atoms with E-state index in [2.05, 4.69) is 5.32 Å². The molecule has 0 aromatic rings. The Bertz CT molecular complexity index is 754. The minimum absolute atomic E-state index is 0.136. The smallest absolute Gasteiger partial charge is 0.189 e. The Hall–Kier alpha value is -0.640. The van der Waals surface area contributed by atoms with Crippen LogP contribution in [0.2, 0.25) is 0 Å². The molecule has 0 radical (unpaired) electrons. The summed E-state index contributed by atoms with van der Waals surface area (Å²) < 4.78 is 29.0. The summed E-state index contributed by atoms with van der Waals surface area (Å²) in [4.78, 5) is 0. The van der Waals surface area contributed by atoms with E-state index >= 15 is 0 Å². The van der Waals surface area contributed by atoms with Crippen LogP contribution in [-0.4, -0.2) is 153 Å². The van der Waals surface area contributed by atoms with Crippen molar-refractivity contribution in [3.05, 3.63) is 0 Å². The van der Waals surface area contributed by atoms with E-state index in [1.54, 1.807) is 0 Å². The average Bonchev–Trinajstić information content (AvgIpc) is 2.86. The van der Waals surface area contributed by atoms with Gasteiger partial charge in [0.2, 0.25) is 0 Å². The average molecular weight is 541 g/mol. The van der Waals surface area contributed by atoms with Gasteiger partial charge in [0.15, 0.2) is 18.9 Å². The van der Waals surface area contributed by atoms with E-state index < -0.39 is 111 Å². The zero-order valence-electron chi connectivity index (χ0n) is 20.3. The van der Waals surface area contributed by atoms with Gasteiger partial charge in [-0.2, -0.15) is 0 Å². The number of nitrogens with two attached hydrogens (primary N) is 3. The van der Waals surface area contributed by atoms with Gasteiger partial charge in [-0.3, -0.25) is 0 Å². The van der Waals surface area contributed by atoms with E-state index in [1.807, 2.05) is 0 Å². The molecule has 0 amide bonds. The summed E-state index contributed by atoms with van der Waals surface area (Å²) in [6, 6.07) is -3.08. The molecule has 216 valence electrons. The first kappa shape index (κ1) is 29.3. The number of ether oxygens (including phenoxy) is 5. The van der Waals surface area contributed by atoms with Gasteiger partial charge < -0.3 is 81.9 Å². The first-order chi connectivity index (χ1) is 17.5. The minimum atomic E-state index is -1.66. The third-order valence-electron chi connectivity index (χ3n) is 7.65. The van der Waals surface area contributed by atoms with Crippen molar-refractivity contribution < 1.29 is 59.4 Å². The number of aliphatic hydroxyl groups is 7. The lowest BCUT2D eigenvalue weighted by atomic mass is 9.84. The second-order valence-electron chi connectivity index (χ2n) is 10.2. The van der Waals surface area contributed by atoms with Crippen LogP contribution in [0.3, 0.4) is 0 Å². The van der Waals surface area contributed by atoms with Crippen molar-refractivity contribution in [2.24, 2.45) is 17.2 Å². The Labute approximate surface area is 213 Å². The molecule has 4 aliphatic rings. The summed E-state index contributed by atoms with van der Waals surface area (Å²) in [5, 5.41) is 74.3. The molecule has 17 atom stereocenters. The first-order valence-corrected chi connectivity index (χ1v) is 12.4. The van der Waals surface area contributed by atoms with E-state index in [4.69, 9.17) is 40.9 Å². The van der Waals surface area contributed by atoms with Gasteiger partial charge in [-0.15, -0.1) is 0 Å². The second kappa shape index (κ2) is 11.8. The maximum absolute atomic E-state index is 11.1. The van der Waals surface area contributed by atoms with Crippen molar-refractivity contribution >= 4 is 0 Å². The number of likely N-dealkylation sites (N-methyl/N-ethyl adjacent to an activating group) is 1. The van der Waals surface area contributed by atoms with Crippen molar-refractivity contribution in [3.8, 4) is 0 Å². The van der Waals surface area contributed by atoms with Crippen LogP contribution in [-0.2, 0) is 23.7 Å². The van der Waals surface area contributed by atoms with E-state index in [0.717, 1.165) is 0 Å². The zero-order chi connectivity index (χ0) is 27.2. The third-order valence-corrected chi connectivity index (χ3v) is 7.65. The van der Waals surface area contributed by atoms with E-state index in [0.29, 0.717) is 0 Å². The highest BCUT2D eigenvalue weighted by Crippen LogP contribution is 2.35. The highest BCUT2D eigenvalue weighted by atomic mass is 16.8. The standard InChI is InChI=1S/C21H40N4O12/c1-25-10-13(29)18-8(33-20(10)37-21-16(32)14(30)12(28)9(4-26)34-21)3-7(24)19(36-18)35-17-6(23)2-5(22)11(27)15(17)31/h5-21,25-32H,2-4,22-24H2,1H3/t5?,6?,7-,8+,9?,10+,11?,12?,13-,14?,15?,16?,17?,18+,19?,20-,21?/m1/s1. The molecule has 3 saturated heterocycles. The van der Waals surface area contributed by atoms with Crippen LogP contribution in [0.1, 0.15) is 12.8 Å². The van der Waals surface area contributed by atoms with Crippen molar-refractivity contribution in [3.63, 3.8) is 0 Å². The fourth-order valence-corrected chi connectivity index (χ4v) is 5.41. The molecule has 3 heterocycles. The molecular formula is C21H40N4O12. The SMILES string of the molecule is CN[C@@H]1[C@@H](OC2OC(CO)C(O)C(O)C2O)O[C@H]2C[C@@H](N)C(OC3C(N)CC(N)C(O)C3O)O[C@@H]2[C@@H]1O. The molecule has 4 fully saturated rings. The molecule has 11 unspecified atom stereocenters. The van der Waals surface area contributed by atoms with E-state index in [-0.39, 0.29) is 12.8 Å². The molecule has 0 aromatic carbocycles. The van der Waals surface area contributed by atoms with Gasteiger partial charge in [0.1, 0.15) is 48.8 Å². The number of aliphatic hydroxyl groups excluding tert-OH is 7. The highest BCUT2D eigenvalue weighted by molar-refractivity contribution is 5.01. The van der Waals surface area contributed by atoms with Gasteiger partial charge in [-0.05, 0) is 19.9 Å². The van der Waals surface area contributed by atoms with Crippen LogP contribution in [0.5, 0.6) is 0 Å². The van der Waals surface area contributed by atoms with E-state index in [1.165, 1.54) is 7.05 Å². The molecule has 1 saturated carbocycles. The van der Waals surface area contributed by atoms with Crippen LogP contribution in [0, 0.1) is 0 Å². The lowest BCUT2D eigenvalue weighted by molar-refractivity contribution is -0.378. The summed E-state index contributed by atoms with van der Waals surface area (Å²) >= 11 is 0. The summed E-state index contributed by atoms with van der Waals surface area (Å²) in [5.41, 5.74) is 18.2. The topological polar surface area (TPSA) is 278 Å². The quantitative estimate of drug-likeness (QED) is 0.149. The second-order valence-corrected chi connectivity index (χ2v) is 10.2. The molecule has 37 heavy (non-hydrogen) atoms. The van der Waals surface area contributed by atoms with Crippen molar-refractivity contribution in [1.29, 1.82) is 0 Å². The predicted octanol–water partition coefficient (Wildman–Crippen LogP) is -6.92. The number of hydrogen-bond donors (Lipinski definition) is 11. The first-order valence-electron chi connectivity index (χ1n) is 12.4. The molecule has 0 spiro atoms. The van der Waals surface area contributed by atoms with Crippen molar-refractivity contribution in [1.82, 2.24) is 5.32 Å². The maximum Gasteiger partial charge on any atom is 0.189 e. The minimum Gasteiger partial charge on any atom is -0.394 e. The van der Waals surface area contributed by atoms with Crippen LogP contribution in [0.25, 0.3) is 0 Å². The Kier molecular flexibility index (Phi) is 9.40. The number of rotatable bonds is 6. The highest BCUT2D eigenvalue weighted by Gasteiger charge is 2.54. The van der Waals surface area contributed by atoms with Gasteiger partial charge in [0, 0.05) is 12.1 Å². The Morgan fingerprint density at radius 3 is 2.05 bits per heavy atom. The fourth-order valence-electron chi connectivity index (χ4n) is 5.41. The Morgan fingerprint density at radius 2 is 1.41 bits per heavy atom. The molecule has 0 bridgehead atoms. The van der Waals surface area contributed by atoms with Crippen LogP contribution in [0.4, 0.5) is 0 Å². The van der Waals surface area contributed by atoms with Crippen molar-refractivity contribution in [2.75, 3.05) is 13.7 Å². The zero-order valence-corrected chi connectivity index (χ0v) is 20.3. The summed E-state index contributed by atoms with van der Waals surface area (Å²) in [5.74, 6) is 0. The van der Waals surface area contributed by atoms with Gasteiger partial charge in [0.25, 0.3) is 0 Å². The largest absolute Gasteiger partial charge is 0.394 e. The van der Waals surface area contributed by atoms with Crippen molar-refractivity contribution in [2.45, 2.75) is 117 Å². The van der Waals surface area contributed by atoms with Gasteiger partial charge in [-0.1, -0.05) is 0 Å². The summed E-state index contributed by atoms with van der Waals surface area (Å²) in [6.07, 6.45) is -16.1. The van der Waals surface area contributed by atoms with Gasteiger partial charge in [0.05, 0.1) is 30.9 Å². The van der Waals surface area contributed by atoms with Crippen LogP contribution < -0.4 is 22.5 Å². The molecular weight excluding hydrogens is 500 g/mol. The lowest BCUT2D eigenvalue weighted by Crippen LogP contribution is -2.70. The molecule has 16 heteroatoms. The fraction of sp³-hybridized carbons (Fsp3) is 1.00. The van der Waals surface area contributed by atoms with E-state index in [9.17, 15) is 35.7 Å². The van der Waals surface area contributed by atoms with Gasteiger partial charge >= 0.3 is 0 Å². The number of fused-ring (bicyclic) bond motifs is 1. The number of nitrogens with one attached hydrogen (secondary N) is 1. The molecule has 4 rings (SSSR count). The molecule has 14 N–H and O–H groups in total. The normalized spacial score (nSPS) is 55.1. The van der Waals surface area contributed by atoms with Crippen LogP contribution in [0.15, 0.2) is 0 Å². The third kappa shape index (κ3) is 5.66. The predicted molar refractivity (Wildman–Crippen MR) is 121 cm³/mol. The molecule has 3 aliphatic heterocycles. The molecule has 1 aliphatic carbocycles.